The molecule has 114 valence electrons. The van der Waals surface area contributed by atoms with Crippen molar-refractivity contribution in [3.8, 4) is 5.75 Å². The first-order valence-corrected chi connectivity index (χ1v) is 6.12. The Hall–Kier alpha value is -2.64. The largest absolute Gasteiger partial charge is 0.496 e. The molecule has 0 radical (unpaired) electrons. The first kappa shape index (κ1) is 16.4. The number of aliphatic carboxylic acids is 1. The van der Waals surface area contributed by atoms with Gasteiger partial charge in [-0.3, -0.25) is 19.7 Å². The van der Waals surface area contributed by atoms with Gasteiger partial charge in [-0.2, -0.15) is 0 Å². The van der Waals surface area contributed by atoms with Gasteiger partial charge in [0.2, 0.25) is 0 Å². The van der Waals surface area contributed by atoms with Gasteiger partial charge in [0, 0.05) is 17.7 Å². The molecule has 8 heteroatoms. The van der Waals surface area contributed by atoms with Crippen molar-refractivity contribution in [2.45, 2.75) is 26.3 Å². The molecule has 1 rings (SSSR count). The summed E-state index contributed by atoms with van der Waals surface area (Å²) in [6.07, 6.45) is -0.239. The smallest absolute Gasteiger partial charge is 0.305 e. The van der Waals surface area contributed by atoms with Crippen LogP contribution >= 0.6 is 0 Å². The van der Waals surface area contributed by atoms with Crippen LogP contribution in [0.25, 0.3) is 0 Å². The van der Waals surface area contributed by atoms with Crippen LogP contribution in [0.2, 0.25) is 0 Å². The number of methoxy groups -OCH3 is 1. The third kappa shape index (κ3) is 4.16. The van der Waals surface area contributed by atoms with E-state index in [9.17, 15) is 19.7 Å². The molecule has 0 saturated carbocycles. The standard InChI is InChI=1S/C13H16N2O6/c1-7(4-12(16)17)14-13(18)9-5-10(15(19)20)8(2)11(6-9)21-3/h5-7H,4H2,1-3H3,(H,14,18)(H,16,17). The predicted octanol–water partition coefficient (Wildman–Crippen LogP) is 1.50. The number of nitro groups is 1. The zero-order chi connectivity index (χ0) is 16.2. The molecule has 0 heterocycles. The highest BCUT2D eigenvalue weighted by atomic mass is 16.6. The number of carboxylic acid groups (broad SMARTS) is 1. The Balaban J connectivity index is 3.07. The van der Waals surface area contributed by atoms with Crippen molar-refractivity contribution < 1.29 is 24.4 Å². The highest BCUT2D eigenvalue weighted by molar-refractivity contribution is 5.96. The Morgan fingerprint density at radius 3 is 2.57 bits per heavy atom. The molecule has 1 aromatic rings. The van der Waals surface area contributed by atoms with E-state index >= 15 is 0 Å². The molecule has 0 aliphatic rings. The molecule has 0 aliphatic carbocycles. The van der Waals surface area contributed by atoms with Crippen LogP contribution in [0.4, 0.5) is 5.69 Å². The summed E-state index contributed by atoms with van der Waals surface area (Å²) in [7, 11) is 1.35. The molecule has 0 spiro atoms. The fraction of sp³-hybridized carbons (Fsp3) is 0.385. The van der Waals surface area contributed by atoms with Crippen molar-refractivity contribution in [2.24, 2.45) is 0 Å². The average molecular weight is 296 g/mol. The zero-order valence-corrected chi connectivity index (χ0v) is 11.9. The van der Waals surface area contributed by atoms with Gasteiger partial charge in [0.15, 0.2) is 0 Å². The highest BCUT2D eigenvalue weighted by Gasteiger charge is 2.21. The molecule has 1 atom stereocenters. The van der Waals surface area contributed by atoms with Gasteiger partial charge in [0.1, 0.15) is 5.75 Å². The lowest BCUT2D eigenvalue weighted by Crippen LogP contribution is -2.34. The number of carboxylic acids is 1. The Labute approximate surface area is 120 Å². The van der Waals surface area contributed by atoms with Crippen molar-refractivity contribution in [1.82, 2.24) is 5.32 Å². The predicted molar refractivity (Wildman–Crippen MR) is 73.6 cm³/mol. The van der Waals surface area contributed by atoms with Crippen LogP contribution in [0.3, 0.4) is 0 Å². The zero-order valence-electron chi connectivity index (χ0n) is 11.9. The Morgan fingerprint density at radius 1 is 1.48 bits per heavy atom. The van der Waals surface area contributed by atoms with Gasteiger partial charge in [-0.1, -0.05) is 0 Å². The van der Waals surface area contributed by atoms with E-state index in [0.29, 0.717) is 5.56 Å². The molecule has 0 fully saturated rings. The van der Waals surface area contributed by atoms with E-state index < -0.39 is 22.8 Å². The SMILES string of the molecule is COc1cc(C(=O)NC(C)CC(=O)O)cc([N+](=O)[O-])c1C. The molecule has 0 aromatic heterocycles. The summed E-state index contributed by atoms with van der Waals surface area (Å²) in [5, 5.41) is 22.1. The molecule has 1 aromatic carbocycles. The van der Waals surface area contributed by atoms with Crippen LogP contribution in [-0.4, -0.2) is 35.1 Å². The number of ether oxygens (including phenoxy) is 1. The Morgan fingerprint density at radius 2 is 2.10 bits per heavy atom. The second-order valence-electron chi connectivity index (χ2n) is 4.55. The Kier molecular flexibility index (Phi) is 5.23. The summed E-state index contributed by atoms with van der Waals surface area (Å²) in [6.45, 7) is 3.05. The summed E-state index contributed by atoms with van der Waals surface area (Å²) in [5.41, 5.74) is 0.129. The first-order chi connectivity index (χ1) is 9.76. The molecule has 0 saturated heterocycles. The van der Waals surface area contributed by atoms with Gasteiger partial charge in [-0.15, -0.1) is 0 Å². The number of hydrogen-bond donors (Lipinski definition) is 2. The minimum absolute atomic E-state index is 0.0430. The minimum atomic E-state index is -1.05. The quantitative estimate of drug-likeness (QED) is 0.606. The number of rotatable bonds is 6. The lowest BCUT2D eigenvalue weighted by atomic mass is 10.1. The molecule has 21 heavy (non-hydrogen) atoms. The number of nitrogens with one attached hydrogen (secondary N) is 1. The van der Waals surface area contributed by atoms with E-state index in [2.05, 4.69) is 5.32 Å². The van der Waals surface area contributed by atoms with E-state index in [0.717, 1.165) is 6.07 Å². The lowest BCUT2D eigenvalue weighted by Gasteiger charge is -2.13. The van der Waals surface area contributed by atoms with Gasteiger partial charge < -0.3 is 15.2 Å². The van der Waals surface area contributed by atoms with Gasteiger partial charge >= 0.3 is 5.97 Å². The van der Waals surface area contributed by atoms with Crippen LogP contribution in [0.15, 0.2) is 12.1 Å². The summed E-state index contributed by atoms with van der Waals surface area (Å²) in [5.74, 6) is -1.42. The van der Waals surface area contributed by atoms with Crippen molar-refractivity contribution in [3.63, 3.8) is 0 Å². The fourth-order valence-corrected chi connectivity index (χ4v) is 1.83. The second-order valence-corrected chi connectivity index (χ2v) is 4.55. The van der Waals surface area contributed by atoms with Crippen LogP contribution in [-0.2, 0) is 4.79 Å². The topological polar surface area (TPSA) is 119 Å². The monoisotopic (exact) mass is 296 g/mol. The summed E-state index contributed by atoms with van der Waals surface area (Å²) >= 11 is 0. The molecule has 1 unspecified atom stereocenters. The van der Waals surface area contributed by atoms with Crippen molar-refractivity contribution >= 4 is 17.6 Å². The van der Waals surface area contributed by atoms with E-state index in [4.69, 9.17) is 9.84 Å². The van der Waals surface area contributed by atoms with Crippen LogP contribution in [0, 0.1) is 17.0 Å². The summed E-state index contributed by atoms with van der Waals surface area (Å²) in [4.78, 5) is 32.9. The minimum Gasteiger partial charge on any atom is -0.496 e. The number of benzene rings is 1. The van der Waals surface area contributed by atoms with E-state index in [-0.39, 0.29) is 23.4 Å². The third-order valence-electron chi connectivity index (χ3n) is 2.87. The normalized spacial score (nSPS) is 11.6. The maximum Gasteiger partial charge on any atom is 0.305 e. The number of hydrogen-bond acceptors (Lipinski definition) is 5. The molecular formula is C13H16N2O6. The van der Waals surface area contributed by atoms with Crippen LogP contribution in [0.1, 0.15) is 29.3 Å². The number of nitrogens with zero attached hydrogens (tertiary/aromatic N) is 1. The number of amides is 1. The molecule has 2 N–H and O–H groups in total. The lowest BCUT2D eigenvalue weighted by molar-refractivity contribution is -0.385. The number of carbonyl (C=O) groups excluding carboxylic acids is 1. The van der Waals surface area contributed by atoms with Gasteiger partial charge in [0.25, 0.3) is 11.6 Å². The molecule has 1 amide bonds. The third-order valence-corrected chi connectivity index (χ3v) is 2.87. The molecular weight excluding hydrogens is 280 g/mol. The summed E-state index contributed by atoms with van der Waals surface area (Å²) < 4.78 is 5.02. The fourth-order valence-electron chi connectivity index (χ4n) is 1.83. The van der Waals surface area contributed by atoms with Crippen LogP contribution in [0.5, 0.6) is 5.75 Å². The molecule has 0 aliphatic heterocycles. The van der Waals surface area contributed by atoms with Gasteiger partial charge in [-0.25, -0.2) is 0 Å². The second kappa shape index (κ2) is 6.69. The van der Waals surface area contributed by atoms with Gasteiger partial charge in [0.05, 0.1) is 24.0 Å². The maximum absolute atomic E-state index is 12.0. The van der Waals surface area contributed by atoms with Crippen molar-refractivity contribution in [3.05, 3.63) is 33.4 Å². The molecule has 8 nitrogen and oxygen atoms in total. The Bertz CT molecular complexity index is 584. The highest BCUT2D eigenvalue weighted by Crippen LogP contribution is 2.29. The first-order valence-electron chi connectivity index (χ1n) is 6.12. The van der Waals surface area contributed by atoms with E-state index in [1.54, 1.807) is 0 Å². The van der Waals surface area contributed by atoms with E-state index in [1.165, 1.54) is 27.0 Å². The van der Waals surface area contributed by atoms with Crippen molar-refractivity contribution in [2.75, 3.05) is 7.11 Å². The van der Waals surface area contributed by atoms with Crippen molar-refractivity contribution in [1.29, 1.82) is 0 Å². The maximum atomic E-state index is 12.0. The molecule has 0 bridgehead atoms. The average Bonchev–Trinajstić information content (AvgIpc) is 2.37. The van der Waals surface area contributed by atoms with Gasteiger partial charge in [-0.05, 0) is 19.9 Å². The number of nitro benzene ring substituents is 1. The summed E-state index contributed by atoms with van der Waals surface area (Å²) in [6, 6.07) is 1.92. The number of carbonyl (C=O) groups is 2. The van der Waals surface area contributed by atoms with E-state index in [1.807, 2.05) is 0 Å². The van der Waals surface area contributed by atoms with Crippen LogP contribution < -0.4 is 10.1 Å².